The van der Waals surface area contributed by atoms with Gasteiger partial charge in [-0.15, -0.1) is 0 Å². The molecule has 0 fully saturated rings. The Morgan fingerprint density at radius 1 is 0.955 bits per heavy atom. The number of nitrogens with zero attached hydrogens (tertiary/aromatic N) is 2. The van der Waals surface area contributed by atoms with Gasteiger partial charge in [0, 0.05) is 25.2 Å². The molecule has 0 aromatic heterocycles. The zero-order chi connectivity index (χ0) is 17.3. The molecule has 0 heterocycles. The average Bonchev–Trinajstić information content (AvgIpc) is 2.32. The minimum Gasteiger partial charge on any atom is -0.480 e. The van der Waals surface area contributed by atoms with Crippen LogP contribution in [0.3, 0.4) is 0 Å². The van der Waals surface area contributed by atoms with E-state index in [9.17, 15) is 14.4 Å². The molecule has 9 nitrogen and oxygen atoms in total. The maximum atomic E-state index is 10.8. The summed E-state index contributed by atoms with van der Waals surface area (Å²) >= 11 is 0. The number of carbonyl (C=O) groups is 3. The van der Waals surface area contributed by atoms with E-state index >= 15 is 0 Å². The average molecular weight is 319 g/mol. The van der Waals surface area contributed by atoms with Gasteiger partial charge >= 0.3 is 17.9 Å². The first kappa shape index (κ1) is 20.3. The smallest absolute Gasteiger partial charge is 0.317 e. The molecule has 0 amide bonds. The van der Waals surface area contributed by atoms with Gasteiger partial charge in [-0.25, -0.2) is 0 Å². The monoisotopic (exact) mass is 319 g/mol. The second-order valence-electron chi connectivity index (χ2n) is 5.76. The molecule has 22 heavy (non-hydrogen) atoms. The molecule has 0 aromatic rings. The number of carboxylic acids is 3. The summed E-state index contributed by atoms with van der Waals surface area (Å²) in [7, 11) is 1.68. The Bertz CT molecular complexity index is 383. The molecule has 0 aliphatic rings. The summed E-state index contributed by atoms with van der Waals surface area (Å²) in [6.07, 6.45) is 0. The Kier molecular flexibility index (Phi) is 8.61. The minimum atomic E-state index is -1.09. The van der Waals surface area contributed by atoms with Crippen LogP contribution in [0.15, 0.2) is 0 Å². The lowest BCUT2D eigenvalue weighted by atomic mass is 10.0. The molecular formula is C13H25N3O6. The number of rotatable bonds is 12. The molecular weight excluding hydrogens is 294 g/mol. The van der Waals surface area contributed by atoms with E-state index < -0.39 is 23.4 Å². The van der Waals surface area contributed by atoms with Crippen LogP contribution in [-0.2, 0) is 14.4 Å². The molecule has 0 saturated heterocycles. The largest absolute Gasteiger partial charge is 0.480 e. The van der Waals surface area contributed by atoms with Gasteiger partial charge in [0.25, 0.3) is 0 Å². The second-order valence-corrected chi connectivity index (χ2v) is 5.76. The number of carboxylic acid groups (broad SMARTS) is 3. The molecule has 0 aromatic carbocycles. The van der Waals surface area contributed by atoms with E-state index in [-0.39, 0.29) is 19.6 Å². The summed E-state index contributed by atoms with van der Waals surface area (Å²) in [6, 6.07) is 0. The topological polar surface area (TPSA) is 130 Å². The van der Waals surface area contributed by atoms with E-state index in [1.807, 2.05) is 0 Å². The van der Waals surface area contributed by atoms with Crippen molar-refractivity contribution in [3.05, 3.63) is 0 Å². The van der Waals surface area contributed by atoms with Crippen LogP contribution >= 0.6 is 0 Å². The predicted molar refractivity (Wildman–Crippen MR) is 78.9 cm³/mol. The Morgan fingerprint density at radius 2 is 1.41 bits per heavy atom. The number of aliphatic carboxylic acids is 3. The van der Waals surface area contributed by atoms with Crippen molar-refractivity contribution in [3.8, 4) is 0 Å². The molecule has 0 aliphatic carbocycles. The van der Waals surface area contributed by atoms with Crippen LogP contribution in [0.1, 0.15) is 13.8 Å². The second kappa shape index (κ2) is 9.34. The van der Waals surface area contributed by atoms with Gasteiger partial charge in [0.1, 0.15) is 0 Å². The summed E-state index contributed by atoms with van der Waals surface area (Å²) in [5.74, 6) is -3.08. The quantitative estimate of drug-likeness (QED) is 0.329. The van der Waals surface area contributed by atoms with Crippen molar-refractivity contribution >= 4 is 17.9 Å². The highest BCUT2D eigenvalue weighted by molar-refractivity contribution is 5.72. The Morgan fingerprint density at radius 3 is 1.82 bits per heavy atom. The van der Waals surface area contributed by atoms with E-state index in [1.165, 1.54) is 4.90 Å². The molecule has 0 unspecified atom stereocenters. The normalized spacial score (nSPS) is 11.9. The minimum absolute atomic E-state index is 0.0603. The fourth-order valence-corrected chi connectivity index (χ4v) is 1.90. The van der Waals surface area contributed by atoms with Crippen LogP contribution < -0.4 is 5.32 Å². The van der Waals surface area contributed by atoms with Crippen molar-refractivity contribution < 1.29 is 29.7 Å². The third-order valence-electron chi connectivity index (χ3n) is 3.14. The van der Waals surface area contributed by atoms with Crippen molar-refractivity contribution in [2.24, 2.45) is 0 Å². The zero-order valence-electron chi connectivity index (χ0n) is 13.2. The van der Waals surface area contributed by atoms with Gasteiger partial charge in [0.15, 0.2) is 0 Å². The zero-order valence-corrected chi connectivity index (χ0v) is 13.2. The van der Waals surface area contributed by atoms with Crippen LogP contribution in [-0.4, -0.2) is 94.9 Å². The van der Waals surface area contributed by atoms with Gasteiger partial charge in [0.05, 0.1) is 19.6 Å². The van der Waals surface area contributed by atoms with Crippen molar-refractivity contribution in [2.75, 3.05) is 46.3 Å². The number of hydrogen-bond donors (Lipinski definition) is 4. The molecule has 0 radical (unpaired) electrons. The van der Waals surface area contributed by atoms with Gasteiger partial charge < -0.3 is 20.6 Å². The number of likely N-dealkylation sites (N-methyl/N-ethyl adjacent to an activating group) is 1. The molecule has 0 aliphatic heterocycles. The summed E-state index contributed by atoms with van der Waals surface area (Å²) < 4.78 is 0. The van der Waals surface area contributed by atoms with Gasteiger partial charge in [0.2, 0.25) is 0 Å². The predicted octanol–water partition coefficient (Wildman–Crippen LogP) is -1.16. The molecule has 128 valence electrons. The fraction of sp³-hybridized carbons (Fsp3) is 0.769. The highest BCUT2D eigenvalue weighted by Gasteiger charge is 2.29. The molecule has 0 saturated carbocycles. The van der Waals surface area contributed by atoms with E-state index in [1.54, 1.807) is 25.8 Å². The number of nitrogens with one attached hydrogen (secondary N) is 1. The first-order chi connectivity index (χ1) is 10.0. The summed E-state index contributed by atoms with van der Waals surface area (Å²) in [6.45, 7) is 4.14. The van der Waals surface area contributed by atoms with Gasteiger partial charge in [-0.05, 0) is 20.9 Å². The lowest BCUT2D eigenvalue weighted by Crippen LogP contribution is -2.54. The summed E-state index contributed by atoms with van der Waals surface area (Å²) in [4.78, 5) is 35.2. The van der Waals surface area contributed by atoms with Crippen LogP contribution in [0.25, 0.3) is 0 Å². The standard InChI is InChI=1S/C13H25N3O6/c1-13(2,16(7-11(19)20)8-12(21)22)9-14-4-5-15(3)6-10(17)18/h14H,4-9H2,1-3H3,(H,17,18)(H,19,20)(H,21,22). The third kappa shape index (κ3) is 9.27. The summed E-state index contributed by atoms with van der Waals surface area (Å²) in [5, 5.41) is 29.5. The maximum Gasteiger partial charge on any atom is 0.317 e. The fourth-order valence-electron chi connectivity index (χ4n) is 1.90. The molecule has 0 spiro atoms. The van der Waals surface area contributed by atoms with Gasteiger partial charge in [-0.2, -0.15) is 0 Å². The Labute approximate surface area is 129 Å². The van der Waals surface area contributed by atoms with E-state index in [2.05, 4.69) is 5.32 Å². The molecule has 4 N–H and O–H groups in total. The Hall–Kier alpha value is -1.71. The molecule has 0 rings (SSSR count). The van der Waals surface area contributed by atoms with E-state index in [4.69, 9.17) is 15.3 Å². The van der Waals surface area contributed by atoms with Crippen molar-refractivity contribution in [1.82, 2.24) is 15.1 Å². The highest BCUT2D eigenvalue weighted by atomic mass is 16.4. The van der Waals surface area contributed by atoms with E-state index in [0.717, 1.165) is 0 Å². The SMILES string of the molecule is CN(CCNCC(C)(C)N(CC(=O)O)CC(=O)O)CC(=O)O. The van der Waals surface area contributed by atoms with Crippen molar-refractivity contribution in [1.29, 1.82) is 0 Å². The van der Waals surface area contributed by atoms with Crippen LogP contribution in [0.2, 0.25) is 0 Å². The van der Waals surface area contributed by atoms with Crippen molar-refractivity contribution in [3.63, 3.8) is 0 Å². The van der Waals surface area contributed by atoms with Gasteiger partial charge in [-0.1, -0.05) is 0 Å². The van der Waals surface area contributed by atoms with E-state index in [0.29, 0.717) is 19.6 Å². The summed E-state index contributed by atoms with van der Waals surface area (Å²) in [5.41, 5.74) is -0.665. The molecule has 9 heteroatoms. The first-order valence-corrected chi connectivity index (χ1v) is 6.84. The van der Waals surface area contributed by atoms with Crippen LogP contribution in [0, 0.1) is 0 Å². The lowest BCUT2D eigenvalue weighted by molar-refractivity contribution is -0.144. The maximum absolute atomic E-state index is 10.8. The highest BCUT2D eigenvalue weighted by Crippen LogP contribution is 2.12. The van der Waals surface area contributed by atoms with Crippen molar-refractivity contribution in [2.45, 2.75) is 19.4 Å². The van der Waals surface area contributed by atoms with Crippen LogP contribution in [0.4, 0.5) is 0 Å². The van der Waals surface area contributed by atoms with Crippen LogP contribution in [0.5, 0.6) is 0 Å². The Balaban J connectivity index is 4.35. The number of hydrogen-bond acceptors (Lipinski definition) is 6. The lowest BCUT2D eigenvalue weighted by Gasteiger charge is -2.36. The molecule has 0 atom stereocenters. The first-order valence-electron chi connectivity index (χ1n) is 6.84. The third-order valence-corrected chi connectivity index (χ3v) is 3.14. The molecule has 0 bridgehead atoms. The van der Waals surface area contributed by atoms with Gasteiger partial charge in [-0.3, -0.25) is 24.2 Å².